The van der Waals surface area contributed by atoms with Crippen molar-refractivity contribution in [1.29, 1.82) is 5.26 Å². The molecule has 1 rings (SSSR count). The SMILES string of the molecule is CCN(CCCN(C)C)c1c(C)cccc1C#N. The molecule has 1 aromatic carbocycles. The molecule has 18 heavy (non-hydrogen) atoms. The van der Waals surface area contributed by atoms with Gasteiger partial charge in [-0.05, 0) is 52.5 Å². The third-order valence-electron chi connectivity index (χ3n) is 3.09. The summed E-state index contributed by atoms with van der Waals surface area (Å²) < 4.78 is 0. The molecule has 0 spiro atoms. The zero-order valence-electron chi connectivity index (χ0n) is 11.9. The first kappa shape index (κ1) is 14.5. The maximum Gasteiger partial charge on any atom is 0.101 e. The molecule has 0 N–H and O–H groups in total. The Hall–Kier alpha value is -1.53. The van der Waals surface area contributed by atoms with Crippen LogP contribution in [-0.2, 0) is 0 Å². The van der Waals surface area contributed by atoms with Crippen LogP contribution in [0.2, 0.25) is 0 Å². The highest BCUT2D eigenvalue weighted by Crippen LogP contribution is 2.24. The molecule has 0 aliphatic carbocycles. The lowest BCUT2D eigenvalue weighted by molar-refractivity contribution is 0.400. The van der Waals surface area contributed by atoms with Crippen LogP contribution in [0, 0.1) is 18.3 Å². The van der Waals surface area contributed by atoms with Crippen molar-refractivity contribution < 1.29 is 0 Å². The molecule has 0 saturated carbocycles. The summed E-state index contributed by atoms with van der Waals surface area (Å²) in [6.07, 6.45) is 1.11. The lowest BCUT2D eigenvalue weighted by Crippen LogP contribution is -2.28. The van der Waals surface area contributed by atoms with Crippen LogP contribution in [0.25, 0.3) is 0 Å². The highest BCUT2D eigenvalue weighted by Gasteiger charge is 2.12. The molecule has 0 unspecified atom stereocenters. The summed E-state index contributed by atoms with van der Waals surface area (Å²) >= 11 is 0. The van der Waals surface area contributed by atoms with E-state index in [1.807, 2.05) is 12.1 Å². The molecule has 3 nitrogen and oxygen atoms in total. The lowest BCUT2D eigenvalue weighted by Gasteiger charge is -2.26. The molecule has 0 aromatic heterocycles. The fraction of sp³-hybridized carbons (Fsp3) is 0.533. The molecule has 0 bridgehead atoms. The van der Waals surface area contributed by atoms with E-state index in [4.69, 9.17) is 0 Å². The average molecular weight is 245 g/mol. The number of anilines is 1. The van der Waals surface area contributed by atoms with Gasteiger partial charge in [0.05, 0.1) is 11.3 Å². The largest absolute Gasteiger partial charge is 0.370 e. The first-order valence-electron chi connectivity index (χ1n) is 6.49. The monoisotopic (exact) mass is 245 g/mol. The Morgan fingerprint density at radius 3 is 2.50 bits per heavy atom. The van der Waals surface area contributed by atoms with E-state index in [0.29, 0.717) is 0 Å². The molecule has 0 aliphatic heterocycles. The molecule has 3 heteroatoms. The van der Waals surface area contributed by atoms with Crippen LogP contribution in [0.5, 0.6) is 0 Å². The molecule has 0 atom stereocenters. The van der Waals surface area contributed by atoms with Gasteiger partial charge in [-0.3, -0.25) is 0 Å². The van der Waals surface area contributed by atoms with Gasteiger partial charge in [0.2, 0.25) is 0 Å². The van der Waals surface area contributed by atoms with E-state index >= 15 is 0 Å². The van der Waals surface area contributed by atoms with Crippen molar-refractivity contribution in [3.63, 3.8) is 0 Å². The maximum absolute atomic E-state index is 9.22. The van der Waals surface area contributed by atoms with Crippen molar-refractivity contribution in [1.82, 2.24) is 4.90 Å². The molecule has 1 aromatic rings. The molecule has 0 aliphatic rings. The van der Waals surface area contributed by atoms with Crippen molar-refractivity contribution in [2.45, 2.75) is 20.3 Å². The Balaban J connectivity index is 2.85. The number of rotatable bonds is 6. The Morgan fingerprint density at radius 1 is 1.22 bits per heavy atom. The molecule has 0 amide bonds. The number of benzene rings is 1. The summed E-state index contributed by atoms with van der Waals surface area (Å²) in [6, 6.07) is 8.22. The van der Waals surface area contributed by atoms with Crippen LogP contribution in [0.4, 0.5) is 5.69 Å². The molecule has 98 valence electrons. The third kappa shape index (κ3) is 3.75. The molecule has 0 radical (unpaired) electrons. The number of aryl methyl sites for hydroxylation is 1. The normalized spacial score (nSPS) is 10.4. The predicted molar refractivity (Wildman–Crippen MR) is 77.0 cm³/mol. The highest BCUT2D eigenvalue weighted by molar-refractivity contribution is 5.63. The molecule has 0 fully saturated rings. The fourth-order valence-corrected chi connectivity index (χ4v) is 2.17. The molecule has 0 saturated heterocycles. The van der Waals surface area contributed by atoms with Crippen molar-refractivity contribution in [2.24, 2.45) is 0 Å². The summed E-state index contributed by atoms with van der Waals surface area (Å²) in [4.78, 5) is 4.49. The summed E-state index contributed by atoms with van der Waals surface area (Å²) in [5.74, 6) is 0. The molecular formula is C15H23N3. The third-order valence-corrected chi connectivity index (χ3v) is 3.09. The van der Waals surface area contributed by atoms with E-state index < -0.39 is 0 Å². The van der Waals surface area contributed by atoms with Gasteiger partial charge in [0.1, 0.15) is 6.07 Å². The number of para-hydroxylation sites is 1. The minimum atomic E-state index is 0.779. The average Bonchev–Trinajstić information content (AvgIpc) is 2.34. The van der Waals surface area contributed by atoms with Crippen LogP contribution in [0.15, 0.2) is 18.2 Å². The zero-order valence-corrected chi connectivity index (χ0v) is 11.9. The van der Waals surface area contributed by atoms with E-state index in [9.17, 15) is 5.26 Å². The topological polar surface area (TPSA) is 30.3 Å². The van der Waals surface area contributed by atoms with Gasteiger partial charge in [0.15, 0.2) is 0 Å². The van der Waals surface area contributed by atoms with E-state index in [1.54, 1.807) is 0 Å². The van der Waals surface area contributed by atoms with Gasteiger partial charge in [0.25, 0.3) is 0 Å². The van der Waals surface area contributed by atoms with E-state index in [-0.39, 0.29) is 0 Å². The summed E-state index contributed by atoms with van der Waals surface area (Å²) in [5, 5.41) is 9.22. The van der Waals surface area contributed by atoms with Crippen molar-refractivity contribution >= 4 is 5.69 Å². The van der Waals surface area contributed by atoms with Crippen molar-refractivity contribution in [3.05, 3.63) is 29.3 Å². The second kappa shape index (κ2) is 7.03. The van der Waals surface area contributed by atoms with Gasteiger partial charge in [-0.15, -0.1) is 0 Å². The zero-order chi connectivity index (χ0) is 13.5. The quantitative estimate of drug-likeness (QED) is 0.772. The predicted octanol–water partition coefficient (Wildman–Crippen LogP) is 2.64. The lowest BCUT2D eigenvalue weighted by atomic mass is 10.1. The van der Waals surface area contributed by atoms with Crippen molar-refractivity contribution in [3.8, 4) is 6.07 Å². The summed E-state index contributed by atoms with van der Waals surface area (Å²) in [6.45, 7) is 7.22. The van der Waals surface area contributed by atoms with Crippen molar-refractivity contribution in [2.75, 3.05) is 38.6 Å². The molecular weight excluding hydrogens is 222 g/mol. The minimum Gasteiger partial charge on any atom is -0.370 e. The fourth-order valence-electron chi connectivity index (χ4n) is 2.17. The van der Waals surface area contributed by atoms with E-state index in [2.05, 4.69) is 49.9 Å². The first-order chi connectivity index (χ1) is 8.60. The number of hydrogen-bond acceptors (Lipinski definition) is 3. The summed E-state index contributed by atoms with van der Waals surface area (Å²) in [7, 11) is 4.18. The standard InChI is InChI=1S/C15H23N3/c1-5-18(11-7-10-17(3)4)15-13(2)8-6-9-14(15)12-16/h6,8-9H,5,7,10-11H2,1-4H3. The van der Waals surface area contributed by atoms with E-state index in [0.717, 1.165) is 37.3 Å². The Labute approximate surface area is 111 Å². The van der Waals surface area contributed by atoms with Crippen LogP contribution >= 0.6 is 0 Å². The number of nitriles is 1. The van der Waals surface area contributed by atoms with Crippen LogP contribution in [0.1, 0.15) is 24.5 Å². The smallest absolute Gasteiger partial charge is 0.101 e. The van der Waals surface area contributed by atoms with Gasteiger partial charge in [0, 0.05) is 13.1 Å². The number of hydrogen-bond donors (Lipinski definition) is 0. The Morgan fingerprint density at radius 2 is 1.94 bits per heavy atom. The van der Waals surface area contributed by atoms with Gasteiger partial charge in [-0.2, -0.15) is 5.26 Å². The second-order valence-electron chi connectivity index (χ2n) is 4.82. The first-order valence-corrected chi connectivity index (χ1v) is 6.49. The van der Waals surface area contributed by atoms with Crippen LogP contribution in [0.3, 0.4) is 0 Å². The second-order valence-corrected chi connectivity index (χ2v) is 4.82. The number of nitrogens with zero attached hydrogens (tertiary/aromatic N) is 3. The summed E-state index contributed by atoms with van der Waals surface area (Å²) in [5.41, 5.74) is 3.06. The van der Waals surface area contributed by atoms with Crippen LogP contribution in [-0.4, -0.2) is 38.6 Å². The highest BCUT2D eigenvalue weighted by atomic mass is 15.1. The maximum atomic E-state index is 9.22. The van der Waals surface area contributed by atoms with Gasteiger partial charge >= 0.3 is 0 Å². The Bertz CT molecular complexity index is 418. The van der Waals surface area contributed by atoms with Crippen LogP contribution < -0.4 is 4.90 Å². The van der Waals surface area contributed by atoms with Gasteiger partial charge in [-0.25, -0.2) is 0 Å². The van der Waals surface area contributed by atoms with Gasteiger partial charge < -0.3 is 9.80 Å². The molecule has 0 heterocycles. The minimum absolute atomic E-state index is 0.779. The Kier molecular flexibility index (Phi) is 5.67. The van der Waals surface area contributed by atoms with E-state index in [1.165, 1.54) is 5.56 Å². The van der Waals surface area contributed by atoms with Gasteiger partial charge in [-0.1, -0.05) is 12.1 Å².